The molecule has 3 nitrogen and oxygen atoms in total. The third kappa shape index (κ3) is 3.14. The Kier molecular flexibility index (Phi) is 3.54. The van der Waals surface area contributed by atoms with Gasteiger partial charge in [0.15, 0.2) is 5.78 Å². The lowest BCUT2D eigenvalue weighted by Gasteiger charge is -2.05. The molecule has 0 aliphatic carbocycles. The van der Waals surface area contributed by atoms with Gasteiger partial charge >= 0.3 is 0 Å². The summed E-state index contributed by atoms with van der Waals surface area (Å²) in [6.07, 6.45) is 0. The molecule has 0 aliphatic rings. The van der Waals surface area contributed by atoms with Crippen molar-refractivity contribution >= 4 is 17.1 Å². The van der Waals surface area contributed by atoms with E-state index in [0.717, 1.165) is 10.7 Å². The van der Waals surface area contributed by atoms with Gasteiger partial charge in [0, 0.05) is 10.9 Å². The molecule has 1 aromatic heterocycles. The van der Waals surface area contributed by atoms with Crippen LogP contribution in [0.5, 0.6) is 5.75 Å². The Morgan fingerprint density at radius 3 is 2.94 bits per heavy atom. The highest BCUT2D eigenvalue weighted by molar-refractivity contribution is 7.09. The molecule has 0 bridgehead atoms. The molecule has 0 fully saturated rings. The van der Waals surface area contributed by atoms with E-state index < -0.39 is 0 Å². The Hall–Kier alpha value is -1.68. The number of ketones is 1. The van der Waals surface area contributed by atoms with Gasteiger partial charge in [0.1, 0.15) is 12.4 Å². The van der Waals surface area contributed by atoms with E-state index in [9.17, 15) is 4.79 Å². The van der Waals surface area contributed by atoms with Crippen LogP contribution in [0.4, 0.5) is 0 Å². The van der Waals surface area contributed by atoms with Crippen molar-refractivity contribution < 1.29 is 9.53 Å². The minimum Gasteiger partial charge on any atom is -0.487 e. The molecule has 1 aromatic carbocycles. The Balaban J connectivity index is 2.04. The molecule has 0 spiro atoms. The largest absolute Gasteiger partial charge is 0.487 e. The van der Waals surface area contributed by atoms with Crippen LogP contribution < -0.4 is 4.74 Å². The van der Waals surface area contributed by atoms with Crippen LogP contribution in [0.25, 0.3) is 0 Å². The van der Waals surface area contributed by atoms with Gasteiger partial charge in [-0.1, -0.05) is 12.1 Å². The zero-order valence-electron chi connectivity index (χ0n) is 9.77. The lowest BCUT2D eigenvalue weighted by atomic mass is 10.1. The maximum atomic E-state index is 11.2. The number of thiazole rings is 1. The summed E-state index contributed by atoms with van der Waals surface area (Å²) in [6, 6.07) is 7.19. The van der Waals surface area contributed by atoms with Gasteiger partial charge in [0.05, 0.1) is 10.7 Å². The summed E-state index contributed by atoms with van der Waals surface area (Å²) in [7, 11) is 0. The predicted molar refractivity (Wildman–Crippen MR) is 67.6 cm³/mol. The van der Waals surface area contributed by atoms with Gasteiger partial charge in [-0.15, -0.1) is 11.3 Å². The minimum atomic E-state index is 0.0416. The van der Waals surface area contributed by atoms with E-state index in [1.54, 1.807) is 30.4 Å². The number of carbonyl (C=O) groups excluding carboxylic acids is 1. The molecule has 0 saturated heterocycles. The van der Waals surface area contributed by atoms with Gasteiger partial charge in [-0.05, 0) is 26.0 Å². The Bertz CT molecular complexity index is 534. The number of benzene rings is 1. The first-order valence-electron chi connectivity index (χ1n) is 5.30. The molecule has 17 heavy (non-hydrogen) atoms. The zero-order chi connectivity index (χ0) is 12.3. The van der Waals surface area contributed by atoms with E-state index in [1.807, 2.05) is 24.4 Å². The number of ether oxygens (including phenoxy) is 1. The van der Waals surface area contributed by atoms with Gasteiger partial charge in [0.25, 0.3) is 0 Å². The first-order chi connectivity index (χ1) is 8.15. The molecule has 88 valence electrons. The van der Waals surface area contributed by atoms with Gasteiger partial charge in [-0.3, -0.25) is 4.79 Å². The maximum absolute atomic E-state index is 11.2. The number of Topliss-reactive ketones (excluding diaryl/α,β-unsaturated/α-hetero) is 1. The van der Waals surface area contributed by atoms with Crippen LogP contribution in [-0.2, 0) is 6.61 Å². The van der Waals surface area contributed by atoms with Crippen LogP contribution >= 0.6 is 11.3 Å². The lowest BCUT2D eigenvalue weighted by Crippen LogP contribution is -1.98. The van der Waals surface area contributed by atoms with Gasteiger partial charge in [-0.2, -0.15) is 0 Å². The number of hydrogen-bond donors (Lipinski definition) is 0. The number of hydrogen-bond acceptors (Lipinski definition) is 4. The van der Waals surface area contributed by atoms with Crippen molar-refractivity contribution in [2.45, 2.75) is 20.5 Å². The maximum Gasteiger partial charge on any atom is 0.159 e. The third-order valence-electron chi connectivity index (χ3n) is 2.29. The molecule has 1 heterocycles. The Morgan fingerprint density at radius 1 is 1.47 bits per heavy atom. The van der Waals surface area contributed by atoms with Crippen molar-refractivity contribution in [1.82, 2.24) is 4.98 Å². The molecule has 0 radical (unpaired) electrons. The molecule has 0 N–H and O–H groups in total. The van der Waals surface area contributed by atoms with Crippen molar-refractivity contribution in [3.63, 3.8) is 0 Å². The fourth-order valence-electron chi connectivity index (χ4n) is 1.44. The molecule has 0 atom stereocenters. The third-order valence-corrected chi connectivity index (χ3v) is 3.12. The number of aromatic nitrogens is 1. The van der Waals surface area contributed by atoms with E-state index in [2.05, 4.69) is 4.98 Å². The second-order valence-corrected chi connectivity index (χ2v) is 4.79. The van der Waals surface area contributed by atoms with Crippen molar-refractivity contribution in [2.24, 2.45) is 0 Å². The second-order valence-electron chi connectivity index (χ2n) is 3.73. The summed E-state index contributed by atoms with van der Waals surface area (Å²) < 4.78 is 5.59. The topological polar surface area (TPSA) is 39.2 Å². The van der Waals surface area contributed by atoms with Crippen molar-refractivity contribution in [1.29, 1.82) is 0 Å². The number of carbonyl (C=O) groups is 1. The van der Waals surface area contributed by atoms with Crippen molar-refractivity contribution in [2.75, 3.05) is 0 Å². The molecule has 0 unspecified atom stereocenters. The smallest absolute Gasteiger partial charge is 0.159 e. The SMILES string of the molecule is CC(=O)c1cccc(OCc2csc(C)n2)c1. The molecule has 0 saturated carbocycles. The quantitative estimate of drug-likeness (QED) is 0.779. The summed E-state index contributed by atoms with van der Waals surface area (Å²) >= 11 is 1.60. The monoisotopic (exact) mass is 247 g/mol. The molecule has 2 aromatic rings. The number of rotatable bonds is 4. The Labute approximate surface area is 104 Å². The number of aryl methyl sites for hydroxylation is 1. The fraction of sp³-hybridized carbons (Fsp3) is 0.231. The molecule has 0 amide bonds. The molecular formula is C13H13NO2S. The summed E-state index contributed by atoms with van der Waals surface area (Å²) in [6.45, 7) is 3.94. The highest BCUT2D eigenvalue weighted by Gasteiger charge is 2.03. The molecule has 2 rings (SSSR count). The van der Waals surface area contributed by atoms with Crippen LogP contribution in [-0.4, -0.2) is 10.8 Å². The molecule has 0 aliphatic heterocycles. The molecular weight excluding hydrogens is 234 g/mol. The first-order valence-corrected chi connectivity index (χ1v) is 6.18. The average Bonchev–Trinajstić information content (AvgIpc) is 2.73. The summed E-state index contributed by atoms with van der Waals surface area (Å²) in [5.41, 5.74) is 1.58. The van der Waals surface area contributed by atoms with E-state index >= 15 is 0 Å². The van der Waals surface area contributed by atoms with E-state index in [4.69, 9.17) is 4.74 Å². The average molecular weight is 247 g/mol. The van der Waals surface area contributed by atoms with Crippen LogP contribution in [0, 0.1) is 6.92 Å². The summed E-state index contributed by atoms with van der Waals surface area (Å²) in [5, 5.41) is 3.01. The van der Waals surface area contributed by atoms with Crippen molar-refractivity contribution in [3.05, 3.63) is 45.9 Å². The summed E-state index contributed by atoms with van der Waals surface area (Å²) in [5.74, 6) is 0.739. The van der Waals surface area contributed by atoms with Gasteiger partial charge in [0.2, 0.25) is 0 Å². The zero-order valence-corrected chi connectivity index (χ0v) is 10.6. The van der Waals surface area contributed by atoms with E-state index in [1.165, 1.54) is 0 Å². The van der Waals surface area contributed by atoms with Gasteiger partial charge in [-0.25, -0.2) is 4.98 Å². The Morgan fingerprint density at radius 2 is 2.29 bits per heavy atom. The standard InChI is InChI=1S/C13H13NO2S/c1-9(15)11-4-3-5-13(6-11)16-7-12-8-17-10(2)14-12/h3-6,8H,7H2,1-2H3. The second kappa shape index (κ2) is 5.10. The predicted octanol–water partition coefficient (Wildman–Crippen LogP) is 3.23. The van der Waals surface area contributed by atoms with Crippen LogP contribution in [0.2, 0.25) is 0 Å². The van der Waals surface area contributed by atoms with Crippen LogP contribution in [0.3, 0.4) is 0 Å². The van der Waals surface area contributed by atoms with E-state index in [0.29, 0.717) is 17.9 Å². The first kappa shape index (κ1) is 11.8. The normalized spacial score (nSPS) is 10.2. The number of nitrogens with zero attached hydrogens (tertiary/aromatic N) is 1. The summed E-state index contributed by atoms with van der Waals surface area (Å²) in [4.78, 5) is 15.5. The fourth-order valence-corrected chi connectivity index (χ4v) is 2.03. The van der Waals surface area contributed by atoms with Crippen LogP contribution in [0.1, 0.15) is 28.0 Å². The van der Waals surface area contributed by atoms with Gasteiger partial charge < -0.3 is 4.74 Å². The van der Waals surface area contributed by atoms with Crippen LogP contribution in [0.15, 0.2) is 29.6 Å². The highest BCUT2D eigenvalue weighted by atomic mass is 32.1. The molecule has 4 heteroatoms. The highest BCUT2D eigenvalue weighted by Crippen LogP contribution is 2.16. The lowest BCUT2D eigenvalue weighted by molar-refractivity contribution is 0.101. The minimum absolute atomic E-state index is 0.0416. The van der Waals surface area contributed by atoms with Crippen molar-refractivity contribution in [3.8, 4) is 5.75 Å². The van der Waals surface area contributed by atoms with E-state index in [-0.39, 0.29) is 5.78 Å².